The molecule has 196 valence electrons. The van der Waals surface area contributed by atoms with Crippen LogP contribution in [0, 0.1) is 5.92 Å². The van der Waals surface area contributed by atoms with Crippen LogP contribution < -0.4 is 15.2 Å². The Hall–Kier alpha value is -4.06. The molecule has 1 atom stereocenters. The van der Waals surface area contributed by atoms with E-state index in [4.69, 9.17) is 19.6 Å². The molecule has 37 heavy (non-hydrogen) atoms. The monoisotopic (exact) mass is 517 g/mol. The number of methoxy groups -OCH3 is 1. The van der Waals surface area contributed by atoms with E-state index >= 15 is 0 Å². The van der Waals surface area contributed by atoms with E-state index in [9.17, 15) is 18.4 Å². The van der Waals surface area contributed by atoms with Crippen LogP contribution in [0.15, 0.2) is 40.8 Å². The molecular formula is C25H25F2N3O7. The van der Waals surface area contributed by atoms with E-state index in [1.807, 2.05) is 0 Å². The average Bonchev–Trinajstić information content (AvgIpc) is 3.60. The summed E-state index contributed by atoms with van der Waals surface area (Å²) in [5, 5.41) is 0. The minimum atomic E-state index is -3.02. The Kier molecular flexibility index (Phi) is 7.97. The quantitative estimate of drug-likeness (QED) is 0.367. The lowest BCUT2D eigenvalue weighted by atomic mass is 10.2. The fourth-order valence-corrected chi connectivity index (χ4v) is 3.34. The number of rotatable bonds is 11. The summed E-state index contributed by atoms with van der Waals surface area (Å²) < 4.78 is 51.7. The van der Waals surface area contributed by atoms with Crippen molar-refractivity contribution in [2.75, 3.05) is 13.7 Å². The molecule has 1 fully saturated rings. The maximum atomic E-state index is 12.8. The van der Waals surface area contributed by atoms with Gasteiger partial charge in [0.1, 0.15) is 12.3 Å². The highest BCUT2D eigenvalue weighted by molar-refractivity contribution is 5.89. The number of hydrogen-bond donors (Lipinski definition) is 1. The normalized spacial score (nSPS) is 13.8. The standard InChI is InChI=1S/C25H25F2N3O7/c1-13(28)21-20(24(32)35-12-16-4-3-5-17(29-16)23(31)33-2)30-22(37-21)15-8-9-18(36-25(26)27)19(10-15)34-11-14-6-7-14/h3-5,8-10,13-14,25H,6-7,11-12,28H2,1-2H3/t13-/m0/s1. The van der Waals surface area contributed by atoms with Crippen LogP contribution in [-0.2, 0) is 16.1 Å². The molecule has 1 aliphatic carbocycles. The van der Waals surface area contributed by atoms with Crippen LogP contribution in [0.3, 0.4) is 0 Å². The van der Waals surface area contributed by atoms with Crippen molar-refractivity contribution in [3.63, 3.8) is 0 Å². The van der Waals surface area contributed by atoms with Gasteiger partial charge in [-0.1, -0.05) is 6.07 Å². The number of pyridine rings is 1. The third-order valence-electron chi connectivity index (χ3n) is 5.39. The topological polar surface area (TPSA) is 136 Å². The van der Waals surface area contributed by atoms with Gasteiger partial charge in [-0.3, -0.25) is 0 Å². The van der Waals surface area contributed by atoms with Crippen LogP contribution in [0.25, 0.3) is 11.5 Å². The third-order valence-corrected chi connectivity index (χ3v) is 5.39. The molecule has 0 spiro atoms. The highest BCUT2D eigenvalue weighted by Crippen LogP contribution is 2.37. The molecule has 10 nitrogen and oxygen atoms in total. The maximum Gasteiger partial charge on any atom is 0.387 e. The van der Waals surface area contributed by atoms with Crippen LogP contribution in [-0.4, -0.2) is 42.2 Å². The molecule has 0 bridgehead atoms. The predicted octanol–water partition coefficient (Wildman–Crippen LogP) is 4.29. The molecule has 2 aromatic heterocycles. The van der Waals surface area contributed by atoms with Crippen LogP contribution in [0.5, 0.6) is 11.5 Å². The number of oxazole rings is 1. The van der Waals surface area contributed by atoms with Crippen molar-refractivity contribution in [2.24, 2.45) is 11.7 Å². The third kappa shape index (κ3) is 6.58. The number of hydrogen-bond acceptors (Lipinski definition) is 10. The van der Waals surface area contributed by atoms with Gasteiger partial charge in [-0.15, -0.1) is 0 Å². The number of benzene rings is 1. The SMILES string of the molecule is COC(=O)c1cccc(COC(=O)c2nc(-c3ccc(OC(F)F)c(OCC4CC4)c3)oc2[C@H](C)N)n1. The number of aromatic nitrogens is 2. The molecule has 2 N–H and O–H groups in total. The van der Waals surface area contributed by atoms with Crippen molar-refractivity contribution in [1.82, 2.24) is 9.97 Å². The first-order valence-electron chi connectivity index (χ1n) is 11.4. The van der Waals surface area contributed by atoms with Gasteiger partial charge in [0.05, 0.1) is 25.5 Å². The maximum absolute atomic E-state index is 12.8. The number of halogens is 2. The Balaban J connectivity index is 1.55. The van der Waals surface area contributed by atoms with Crippen molar-refractivity contribution in [3.05, 3.63) is 59.2 Å². The summed E-state index contributed by atoms with van der Waals surface area (Å²) in [7, 11) is 1.23. The highest BCUT2D eigenvalue weighted by Gasteiger charge is 2.27. The summed E-state index contributed by atoms with van der Waals surface area (Å²) in [6, 6.07) is 8.13. The molecule has 0 radical (unpaired) electrons. The molecule has 0 unspecified atom stereocenters. The van der Waals surface area contributed by atoms with E-state index in [-0.39, 0.29) is 41.1 Å². The molecule has 1 saturated carbocycles. The number of nitrogens with zero attached hydrogens (tertiary/aromatic N) is 2. The zero-order valence-electron chi connectivity index (χ0n) is 20.1. The minimum Gasteiger partial charge on any atom is -0.489 e. The molecule has 4 rings (SSSR count). The van der Waals surface area contributed by atoms with E-state index in [0.29, 0.717) is 23.8 Å². The molecule has 0 aliphatic heterocycles. The molecule has 0 saturated heterocycles. The van der Waals surface area contributed by atoms with Crippen LogP contribution in [0.1, 0.15) is 58.2 Å². The molecule has 3 aromatic rings. The molecule has 1 aliphatic rings. The van der Waals surface area contributed by atoms with E-state index in [2.05, 4.69) is 19.4 Å². The second kappa shape index (κ2) is 11.3. The largest absolute Gasteiger partial charge is 0.489 e. The minimum absolute atomic E-state index is 0.0185. The van der Waals surface area contributed by atoms with Gasteiger partial charge >= 0.3 is 18.6 Å². The van der Waals surface area contributed by atoms with Crippen molar-refractivity contribution in [1.29, 1.82) is 0 Å². The summed E-state index contributed by atoms with van der Waals surface area (Å²) in [6.07, 6.45) is 2.02. The molecule has 2 heterocycles. The second-order valence-corrected chi connectivity index (χ2v) is 8.40. The van der Waals surface area contributed by atoms with Gasteiger partial charge in [-0.25, -0.2) is 19.6 Å². The zero-order valence-corrected chi connectivity index (χ0v) is 20.1. The molecule has 0 amide bonds. The Labute approximate surface area is 210 Å². The molecule has 12 heteroatoms. The number of alkyl halides is 2. The van der Waals surface area contributed by atoms with Crippen molar-refractivity contribution in [2.45, 2.75) is 39.0 Å². The summed E-state index contributed by atoms with van der Waals surface area (Å²) in [5.41, 5.74) is 6.57. The summed E-state index contributed by atoms with van der Waals surface area (Å²) in [6.45, 7) is -1.30. The average molecular weight is 517 g/mol. The Bertz CT molecular complexity index is 1270. The summed E-state index contributed by atoms with van der Waals surface area (Å²) >= 11 is 0. The fraction of sp³-hybridized carbons (Fsp3) is 0.360. The lowest BCUT2D eigenvalue weighted by Crippen LogP contribution is -2.14. The van der Waals surface area contributed by atoms with Gasteiger partial charge < -0.3 is 29.1 Å². The number of nitrogens with two attached hydrogens (primary N) is 1. The van der Waals surface area contributed by atoms with Crippen molar-refractivity contribution in [3.8, 4) is 23.0 Å². The molecule has 1 aromatic carbocycles. The summed E-state index contributed by atoms with van der Waals surface area (Å²) in [5.74, 6) is -1.01. The Morgan fingerprint density at radius 2 is 1.92 bits per heavy atom. The highest BCUT2D eigenvalue weighted by atomic mass is 19.3. The Morgan fingerprint density at radius 3 is 2.59 bits per heavy atom. The number of ether oxygens (including phenoxy) is 4. The van der Waals surface area contributed by atoms with E-state index in [0.717, 1.165) is 12.8 Å². The Morgan fingerprint density at radius 1 is 1.14 bits per heavy atom. The van der Waals surface area contributed by atoms with Gasteiger partial charge in [0, 0.05) is 5.56 Å². The van der Waals surface area contributed by atoms with Crippen molar-refractivity contribution >= 4 is 11.9 Å². The van der Waals surface area contributed by atoms with Gasteiger partial charge in [-0.2, -0.15) is 8.78 Å². The van der Waals surface area contributed by atoms with E-state index in [1.54, 1.807) is 19.1 Å². The van der Waals surface area contributed by atoms with Crippen LogP contribution in [0.4, 0.5) is 8.78 Å². The van der Waals surface area contributed by atoms with Gasteiger partial charge in [0.25, 0.3) is 0 Å². The lowest BCUT2D eigenvalue weighted by Gasteiger charge is -2.12. The summed E-state index contributed by atoms with van der Waals surface area (Å²) in [4.78, 5) is 32.9. The van der Waals surface area contributed by atoms with E-state index in [1.165, 1.54) is 31.4 Å². The number of carbonyl (C=O) groups excluding carboxylic acids is 2. The van der Waals surface area contributed by atoms with Crippen LogP contribution >= 0.6 is 0 Å². The first kappa shape index (κ1) is 26.0. The number of carbonyl (C=O) groups is 2. The fourth-order valence-electron chi connectivity index (χ4n) is 3.34. The number of esters is 2. The molecular weight excluding hydrogens is 492 g/mol. The van der Waals surface area contributed by atoms with Gasteiger partial charge in [0.15, 0.2) is 23.0 Å². The van der Waals surface area contributed by atoms with Gasteiger partial charge in [0.2, 0.25) is 5.89 Å². The second-order valence-electron chi connectivity index (χ2n) is 8.40. The van der Waals surface area contributed by atoms with E-state index < -0.39 is 24.6 Å². The first-order valence-corrected chi connectivity index (χ1v) is 11.4. The van der Waals surface area contributed by atoms with Gasteiger partial charge in [-0.05, 0) is 56.0 Å². The first-order chi connectivity index (χ1) is 17.7. The van der Waals surface area contributed by atoms with Crippen LogP contribution in [0.2, 0.25) is 0 Å². The van der Waals surface area contributed by atoms with Crippen molar-refractivity contribution < 1.29 is 41.7 Å². The predicted molar refractivity (Wildman–Crippen MR) is 124 cm³/mol. The smallest absolute Gasteiger partial charge is 0.387 e. The lowest BCUT2D eigenvalue weighted by molar-refractivity contribution is -0.0515. The zero-order chi connectivity index (χ0) is 26.5.